The third kappa shape index (κ3) is 2.37. The van der Waals surface area contributed by atoms with Crippen molar-refractivity contribution in [3.05, 3.63) is 54.1 Å². The van der Waals surface area contributed by atoms with Gasteiger partial charge in [-0.05, 0) is 36.1 Å². The van der Waals surface area contributed by atoms with Gasteiger partial charge in [-0.25, -0.2) is 0 Å². The Labute approximate surface area is 130 Å². The second-order valence-corrected chi connectivity index (χ2v) is 5.88. The van der Waals surface area contributed by atoms with Crippen molar-refractivity contribution in [1.82, 2.24) is 0 Å². The molecule has 1 aliphatic rings. The predicted octanol–water partition coefficient (Wildman–Crippen LogP) is 4.26. The first-order chi connectivity index (χ1) is 10.7. The van der Waals surface area contributed by atoms with E-state index in [4.69, 9.17) is 4.74 Å². The van der Waals surface area contributed by atoms with Crippen LogP contribution in [-0.2, 0) is 10.2 Å². The van der Waals surface area contributed by atoms with Crippen molar-refractivity contribution >= 4 is 5.97 Å². The lowest BCUT2D eigenvalue weighted by molar-refractivity contribution is -0.143. The molecule has 0 aliphatic heterocycles. The zero-order chi connectivity index (χ0) is 15.6. The van der Waals surface area contributed by atoms with Gasteiger partial charge in [-0.3, -0.25) is 4.79 Å². The van der Waals surface area contributed by atoms with Crippen molar-refractivity contribution in [3.8, 4) is 16.9 Å². The van der Waals surface area contributed by atoms with Crippen LogP contribution in [0, 0.1) is 0 Å². The molecule has 2 aromatic carbocycles. The lowest BCUT2D eigenvalue weighted by Gasteiger charge is -2.25. The second kappa shape index (κ2) is 5.84. The summed E-state index contributed by atoms with van der Waals surface area (Å²) in [6.07, 6.45) is 3.36. The van der Waals surface area contributed by atoms with Gasteiger partial charge in [0.25, 0.3) is 0 Å². The van der Waals surface area contributed by atoms with Gasteiger partial charge in [-0.15, -0.1) is 0 Å². The Morgan fingerprint density at radius 3 is 2.36 bits per heavy atom. The van der Waals surface area contributed by atoms with Gasteiger partial charge in [-0.1, -0.05) is 49.2 Å². The highest BCUT2D eigenvalue weighted by atomic mass is 16.5. The third-order valence-electron chi connectivity index (χ3n) is 4.70. The van der Waals surface area contributed by atoms with Crippen LogP contribution in [0.5, 0.6) is 5.75 Å². The maximum atomic E-state index is 11.9. The highest BCUT2D eigenvalue weighted by molar-refractivity contribution is 5.83. The molecule has 3 heteroatoms. The zero-order valence-corrected chi connectivity index (χ0v) is 12.7. The van der Waals surface area contributed by atoms with E-state index < -0.39 is 11.4 Å². The first kappa shape index (κ1) is 14.6. The molecule has 0 aromatic heterocycles. The molecule has 0 bridgehead atoms. The van der Waals surface area contributed by atoms with E-state index in [9.17, 15) is 9.90 Å². The number of carboxylic acid groups (broad SMARTS) is 1. The summed E-state index contributed by atoms with van der Waals surface area (Å²) in [5.41, 5.74) is 2.14. The zero-order valence-electron chi connectivity index (χ0n) is 12.7. The Morgan fingerprint density at radius 1 is 1.09 bits per heavy atom. The lowest BCUT2D eigenvalue weighted by Crippen LogP contribution is -2.32. The Kier molecular flexibility index (Phi) is 3.88. The highest BCUT2D eigenvalue weighted by Gasteiger charge is 2.43. The molecule has 3 rings (SSSR count). The van der Waals surface area contributed by atoms with Gasteiger partial charge in [0.2, 0.25) is 0 Å². The molecule has 0 saturated heterocycles. The smallest absolute Gasteiger partial charge is 0.314 e. The van der Waals surface area contributed by atoms with Crippen LogP contribution in [0.2, 0.25) is 0 Å². The summed E-state index contributed by atoms with van der Waals surface area (Å²) in [7, 11) is 1.64. The van der Waals surface area contributed by atoms with Crippen LogP contribution in [0.3, 0.4) is 0 Å². The molecule has 0 heterocycles. The first-order valence-corrected chi connectivity index (χ1v) is 7.65. The largest absolute Gasteiger partial charge is 0.496 e. The maximum absolute atomic E-state index is 11.9. The van der Waals surface area contributed by atoms with Crippen LogP contribution in [0.15, 0.2) is 48.5 Å². The Balaban J connectivity index is 2.13. The minimum atomic E-state index is -0.740. The van der Waals surface area contributed by atoms with E-state index in [1.54, 1.807) is 7.11 Å². The van der Waals surface area contributed by atoms with E-state index in [0.29, 0.717) is 12.8 Å². The fourth-order valence-corrected chi connectivity index (χ4v) is 3.45. The summed E-state index contributed by atoms with van der Waals surface area (Å²) in [5.74, 6) is 0.0580. The molecule has 1 saturated carbocycles. The van der Waals surface area contributed by atoms with Crippen LogP contribution in [-0.4, -0.2) is 18.2 Å². The number of benzene rings is 2. The van der Waals surface area contributed by atoms with Crippen molar-refractivity contribution < 1.29 is 14.6 Å². The van der Waals surface area contributed by atoms with Gasteiger partial charge >= 0.3 is 5.97 Å². The quantitative estimate of drug-likeness (QED) is 0.917. The number of rotatable bonds is 4. The second-order valence-electron chi connectivity index (χ2n) is 5.88. The molecule has 0 spiro atoms. The standard InChI is InChI=1S/C19H20O3/c1-22-17-10-9-15(19(18(20)21)11-5-6-12-19)13-16(17)14-7-3-2-4-8-14/h2-4,7-10,13H,5-6,11-12H2,1H3,(H,20,21). The molecular formula is C19H20O3. The fraction of sp³-hybridized carbons (Fsp3) is 0.316. The number of carboxylic acids is 1. The number of hydrogen-bond acceptors (Lipinski definition) is 2. The predicted molar refractivity (Wildman–Crippen MR) is 86.2 cm³/mol. The minimum Gasteiger partial charge on any atom is -0.496 e. The number of hydrogen-bond donors (Lipinski definition) is 1. The Bertz CT molecular complexity index is 670. The van der Waals surface area contributed by atoms with Crippen LogP contribution < -0.4 is 4.74 Å². The lowest BCUT2D eigenvalue weighted by atomic mass is 9.78. The molecule has 0 unspecified atom stereocenters. The summed E-state index contributed by atoms with van der Waals surface area (Å²) < 4.78 is 5.46. The number of aliphatic carboxylic acids is 1. The van der Waals surface area contributed by atoms with Crippen molar-refractivity contribution in [2.75, 3.05) is 7.11 Å². The summed E-state index contributed by atoms with van der Waals surface area (Å²) in [6.45, 7) is 0. The molecule has 1 fully saturated rings. The molecule has 0 atom stereocenters. The van der Waals surface area contributed by atoms with E-state index >= 15 is 0 Å². The van der Waals surface area contributed by atoms with E-state index in [1.165, 1.54) is 0 Å². The minimum absolute atomic E-state index is 0.711. The highest BCUT2D eigenvalue weighted by Crippen LogP contribution is 2.44. The SMILES string of the molecule is COc1ccc(C2(C(=O)O)CCCC2)cc1-c1ccccc1. The molecule has 0 amide bonds. The van der Waals surface area contributed by atoms with Gasteiger partial charge in [0, 0.05) is 5.56 Å². The average molecular weight is 296 g/mol. The molecule has 1 aliphatic carbocycles. The van der Waals surface area contributed by atoms with E-state index in [1.807, 2.05) is 48.5 Å². The van der Waals surface area contributed by atoms with E-state index in [-0.39, 0.29) is 0 Å². The molecule has 0 radical (unpaired) electrons. The summed E-state index contributed by atoms with van der Waals surface area (Å²) in [6, 6.07) is 15.7. The maximum Gasteiger partial charge on any atom is 0.314 e. The summed E-state index contributed by atoms with van der Waals surface area (Å²) >= 11 is 0. The van der Waals surface area contributed by atoms with Crippen LogP contribution >= 0.6 is 0 Å². The number of methoxy groups -OCH3 is 1. The molecule has 22 heavy (non-hydrogen) atoms. The van der Waals surface area contributed by atoms with Gasteiger partial charge in [0.15, 0.2) is 0 Å². The molecule has 2 aromatic rings. The average Bonchev–Trinajstić information content (AvgIpc) is 3.06. The van der Waals surface area contributed by atoms with Crippen LogP contribution in [0.25, 0.3) is 11.1 Å². The van der Waals surface area contributed by atoms with E-state index in [2.05, 4.69) is 0 Å². The fourth-order valence-electron chi connectivity index (χ4n) is 3.45. The summed E-state index contributed by atoms with van der Waals surface area (Å²) in [4.78, 5) is 11.9. The third-order valence-corrected chi connectivity index (χ3v) is 4.70. The molecule has 3 nitrogen and oxygen atoms in total. The van der Waals surface area contributed by atoms with Crippen LogP contribution in [0.1, 0.15) is 31.2 Å². The topological polar surface area (TPSA) is 46.5 Å². The van der Waals surface area contributed by atoms with Crippen molar-refractivity contribution in [2.24, 2.45) is 0 Å². The van der Waals surface area contributed by atoms with Crippen molar-refractivity contribution in [3.63, 3.8) is 0 Å². The monoisotopic (exact) mass is 296 g/mol. The Morgan fingerprint density at radius 2 is 1.77 bits per heavy atom. The molecule has 1 N–H and O–H groups in total. The van der Waals surface area contributed by atoms with Crippen LogP contribution in [0.4, 0.5) is 0 Å². The van der Waals surface area contributed by atoms with Gasteiger partial charge in [0.1, 0.15) is 5.75 Å². The normalized spacial score (nSPS) is 16.4. The first-order valence-electron chi connectivity index (χ1n) is 7.65. The van der Waals surface area contributed by atoms with Gasteiger partial charge < -0.3 is 9.84 Å². The van der Waals surface area contributed by atoms with Crippen molar-refractivity contribution in [2.45, 2.75) is 31.1 Å². The Hall–Kier alpha value is -2.29. The van der Waals surface area contributed by atoms with E-state index in [0.717, 1.165) is 35.3 Å². The number of ether oxygens (including phenoxy) is 1. The number of carbonyl (C=O) groups is 1. The van der Waals surface area contributed by atoms with Gasteiger partial charge in [-0.2, -0.15) is 0 Å². The van der Waals surface area contributed by atoms with Gasteiger partial charge in [0.05, 0.1) is 12.5 Å². The molecular weight excluding hydrogens is 276 g/mol. The van der Waals surface area contributed by atoms with Crippen molar-refractivity contribution in [1.29, 1.82) is 0 Å². The summed E-state index contributed by atoms with van der Waals surface area (Å²) in [5, 5.41) is 9.77. The molecule has 114 valence electrons.